The molecule has 1 heterocycles. The van der Waals surface area contributed by atoms with Gasteiger partial charge in [-0.05, 0) is 19.3 Å². The monoisotopic (exact) mass is 579 g/mol. The van der Waals surface area contributed by atoms with Gasteiger partial charge in [0.1, 0.15) is 12.2 Å². The van der Waals surface area contributed by atoms with E-state index in [9.17, 15) is 30.0 Å². The summed E-state index contributed by atoms with van der Waals surface area (Å²) in [7, 11) is 0. The normalized spacial score (nSPS) is 28.4. The molecule has 9 nitrogen and oxygen atoms in total. The van der Waals surface area contributed by atoms with Crippen molar-refractivity contribution >= 4 is 12.1 Å². The fourth-order valence-electron chi connectivity index (χ4n) is 5.32. The first-order chi connectivity index (χ1) is 19.1. The molecule has 1 saturated heterocycles. The quantitative estimate of drug-likeness (QED) is 0.105. The van der Waals surface area contributed by atoms with Crippen LogP contribution in [0.3, 0.4) is 0 Å². The van der Waals surface area contributed by atoms with Gasteiger partial charge in [0.25, 0.3) is 0 Å². The van der Waals surface area contributed by atoms with Crippen molar-refractivity contribution < 1.29 is 39.5 Å². The summed E-state index contributed by atoms with van der Waals surface area (Å²) in [6.07, 6.45) is 7.85. The number of allylic oxidation sites excluding steroid dienone is 3. The lowest BCUT2D eigenvalue weighted by Crippen LogP contribution is -2.47. The minimum absolute atomic E-state index is 0.148. The van der Waals surface area contributed by atoms with E-state index in [1.54, 1.807) is 38.2 Å². The van der Waals surface area contributed by atoms with Gasteiger partial charge in [-0.1, -0.05) is 90.7 Å². The van der Waals surface area contributed by atoms with Crippen molar-refractivity contribution in [3.63, 3.8) is 0 Å². The minimum Gasteiger partial charge on any atom is -0.462 e. The maximum Gasteiger partial charge on any atom is 0.404 e. The Balaban J connectivity index is 2.67. The molecule has 0 aromatic carbocycles. The van der Waals surface area contributed by atoms with Crippen molar-refractivity contribution in [2.45, 2.75) is 97.9 Å². The largest absolute Gasteiger partial charge is 0.462 e. The molecule has 13 atom stereocenters. The SMILES string of the molecule is C=CC=C[C@H](C)[C@H](OC(N)=O)[C@@H](C)[C@H](O)[C@@H](C)CC=C[C@H](C)[C@@H](O)[C@@H](C)C=C[C@@H](O)CC1OC(=O)[C@H](C)[C@@H](O)[C@H]1C. The van der Waals surface area contributed by atoms with E-state index in [1.807, 2.05) is 52.8 Å². The molecular weight excluding hydrogens is 526 g/mol. The van der Waals surface area contributed by atoms with E-state index in [-0.39, 0.29) is 41.9 Å². The highest BCUT2D eigenvalue weighted by Crippen LogP contribution is 2.30. The number of aliphatic hydroxyl groups excluding tert-OH is 4. The summed E-state index contributed by atoms with van der Waals surface area (Å²) < 4.78 is 10.7. The Kier molecular flexibility index (Phi) is 15.6. The second-order valence-electron chi connectivity index (χ2n) is 11.9. The predicted molar refractivity (Wildman–Crippen MR) is 159 cm³/mol. The number of rotatable bonds is 16. The van der Waals surface area contributed by atoms with Gasteiger partial charge in [0, 0.05) is 36.0 Å². The van der Waals surface area contributed by atoms with Gasteiger partial charge in [0.2, 0.25) is 0 Å². The van der Waals surface area contributed by atoms with Crippen molar-refractivity contribution in [2.24, 2.45) is 47.2 Å². The molecule has 234 valence electrons. The van der Waals surface area contributed by atoms with Crippen LogP contribution in [-0.2, 0) is 14.3 Å². The minimum atomic E-state index is -0.891. The van der Waals surface area contributed by atoms with E-state index >= 15 is 0 Å². The van der Waals surface area contributed by atoms with Crippen LogP contribution in [0.25, 0.3) is 0 Å². The number of carbonyl (C=O) groups is 2. The van der Waals surface area contributed by atoms with Gasteiger partial charge in [-0.25, -0.2) is 4.79 Å². The maximum atomic E-state index is 11.9. The molecule has 0 aromatic rings. The van der Waals surface area contributed by atoms with Gasteiger partial charge >= 0.3 is 12.1 Å². The van der Waals surface area contributed by atoms with Crippen molar-refractivity contribution in [1.82, 2.24) is 0 Å². The third-order valence-corrected chi connectivity index (χ3v) is 8.37. The van der Waals surface area contributed by atoms with Crippen LogP contribution in [0.4, 0.5) is 4.79 Å². The van der Waals surface area contributed by atoms with Crippen LogP contribution in [0, 0.1) is 41.4 Å². The molecule has 1 unspecified atom stereocenters. The van der Waals surface area contributed by atoms with Gasteiger partial charge in [-0.15, -0.1) is 0 Å². The molecule has 1 aliphatic rings. The molecule has 0 aliphatic carbocycles. The molecule has 1 amide bonds. The maximum absolute atomic E-state index is 11.9. The van der Waals surface area contributed by atoms with E-state index in [1.165, 1.54) is 0 Å². The second kappa shape index (κ2) is 17.5. The summed E-state index contributed by atoms with van der Waals surface area (Å²) in [5.41, 5.74) is 5.27. The molecule has 9 heteroatoms. The van der Waals surface area contributed by atoms with Gasteiger partial charge in [0.05, 0.1) is 30.3 Å². The zero-order valence-electron chi connectivity index (χ0n) is 25.7. The Bertz CT molecular complexity index is 917. The third-order valence-electron chi connectivity index (χ3n) is 8.37. The van der Waals surface area contributed by atoms with Crippen LogP contribution in [0.15, 0.2) is 49.1 Å². The smallest absolute Gasteiger partial charge is 0.404 e. The second-order valence-corrected chi connectivity index (χ2v) is 11.9. The number of nitrogens with two attached hydrogens (primary N) is 1. The average molecular weight is 580 g/mol. The molecule has 1 aliphatic heterocycles. The highest BCUT2D eigenvalue weighted by atomic mass is 16.6. The van der Waals surface area contributed by atoms with E-state index in [2.05, 4.69) is 6.58 Å². The zero-order valence-corrected chi connectivity index (χ0v) is 25.7. The number of esters is 1. The number of primary amides is 1. The fraction of sp³-hybridized carbons (Fsp3) is 0.688. The number of carbonyl (C=O) groups excluding carboxylic acids is 2. The number of ether oxygens (including phenoxy) is 2. The van der Waals surface area contributed by atoms with Crippen LogP contribution < -0.4 is 5.73 Å². The standard InChI is InChI=1S/C32H53NO8/c1-9-10-12-21(5)30(41-32(33)39)23(7)28(36)19(3)14-11-13-18(2)27(35)20(4)15-16-25(34)17-26-22(6)29(37)24(8)31(38)40-26/h9-13,15-16,18-30,34-37H,1,14,17H2,2-8H3,(H2,33,39)/t18-,19-,20-,21-,22-,23-,24+,25+,26?,27+,28+,29-,30-/m0/s1. The van der Waals surface area contributed by atoms with Gasteiger partial charge in [0.15, 0.2) is 0 Å². The molecule has 0 radical (unpaired) electrons. The van der Waals surface area contributed by atoms with Crippen LogP contribution in [0.1, 0.15) is 61.3 Å². The Morgan fingerprint density at radius 2 is 1.61 bits per heavy atom. The summed E-state index contributed by atoms with van der Waals surface area (Å²) in [5.74, 6) is -2.50. The Labute approximate surface area is 245 Å². The molecule has 6 N–H and O–H groups in total. The molecule has 0 spiro atoms. The lowest BCUT2D eigenvalue weighted by molar-refractivity contribution is -0.179. The average Bonchev–Trinajstić information content (AvgIpc) is 2.93. The van der Waals surface area contributed by atoms with Crippen molar-refractivity contribution in [3.8, 4) is 0 Å². The first kappa shape index (κ1) is 36.6. The van der Waals surface area contributed by atoms with E-state index in [0.717, 1.165) is 0 Å². The summed E-state index contributed by atoms with van der Waals surface area (Å²) >= 11 is 0. The van der Waals surface area contributed by atoms with Crippen molar-refractivity contribution in [2.75, 3.05) is 0 Å². The molecule has 0 bridgehead atoms. The van der Waals surface area contributed by atoms with Crippen LogP contribution >= 0.6 is 0 Å². The first-order valence-electron chi connectivity index (χ1n) is 14.6. The van der Waals surface area contributed by atoms with Crippen LogP contribution in [-0.4, -0.2) is 69.1 Å². The number of cyclic esters (lactones) is 1. The number of amides is 1. The van der Waals surface area contributed by atoms with Crippen LogP contribution in [0.5, 0.6) is 0 Å². The molecule has 0 aromatic heterocycles. The molecule has 1 rings (SSSR count). The Morgan fingerprint density at radius 3 is 2.20 bits per heavy atom. The molecule has 1 fully saturated rings. The van der Waals surface area contributed by atoms with Gasteiger partial charge in [-0.2, -0.15) is 0 Å². The summed E-state index contributed by atoms with van der Waals surface area (Å²) in [6, 6.07) is 0. The summed E-state index contributed by atoms with van der Waals surface area (Å²) in [4.78, 5) is 23.4. The molecule has 0 saturated carbocycles. The number of hydrogen-bond donors (Lipinski definition) is 5. The lowest BCUT2D eigenvalue weighted by atomic mass is 9.82. The first-order valence-corrected chi connectivity index (χ1v) is 14.6. The molecule has 41 heavy (non-hydrogen) atoms. The fourth-order valence-corrected chi connectivity index (χ4v) is 5.32. The zero-order chi connectivity index (χ0) is 31.4. The lowest BCUT2D eigenvalue weighted by Gasteiger charge is -2.36. The molecular formula is C32H53NO8. The van der Waals surface area contributed by atoms with E-state index < -0.39 is 54.6 Å². The van der Waals surface area contributed by atoms with Crippen molar-refractivity contribution in [1.29, 1.82) is 0 Å². The highest BCUT2D eigenvalue weighted by molar-refractivity contribution is 5.73. The van der Waals surface area contributed by atoms with E-state index in [0.29, 0.717) is 6.42 Å². The van der Waals surface area contributed by atoms with Crippen molar-refractivity contribution in [3.05, 3.63) is 49.1 Å². The summed E-state index contributed by atoms with van der Waals surface area (Å²) in [6.45, 7) is 16.4. The van der Waals surface area contributed by atoms with Gasteiger partial charge in [-0.3, -0.25) is 4.79 Å². The van der Waals surface area contributed by atoms with Crippen LogP contribution in [0.2, 0.25) is 0 Å². The highest BCUT2D eigenvalue weighted by Gasteiger charge is 2.41. The number of aliphatic hydroxyl groups is 4. The topological polar surface area (TPSA) is 160 Å². The summed E-state index contributed by atoms with van der Waals surface area (Å²) in [5, 5.41) is 42.5. The Hall–Kier alpha value is -2.46. The van der Waals surface area contributed by atoms with Gasteiger partial charge < -0.3 is 35.6 Å². The van der Waals surface area contributed by atoms with E-state index in [4.69, 9.17) is 15.2 Å². The third kappa shape index (κ3) is 11.4. The predicted octanol–water partition coefficient (Wildman–Crippen LogP) is 3.91. The Morgan fingerprint density at radius 1 is 1.00 bits per heavy atom. The number of hydrogen-bond acceptors (Lipinski definition) is 8.